The number of nitrogens with one attached hydrogen (secondary N) is 2. The highest BCUT2D eigenvalue weighted by molar-refractivity contribution is 9.10. The molecule has 0 aliphatic carbocycles. The average Bonchev–Trinajstić information content (AvgIpc) is 2.77. The summed E-state index contributed by atoms with van der Waals surface area (Å²) in [6.07, 6.45) is 6.68. The van der Waals surface area contributed by atoms with Crippen molar-refractivity contribution in [2.24, 2.45) is 0 Å². The molecule has 0 unspecified atom stereocenters. The summed E-state index contributed by atoms with van der Waals surface area (Å²) in [5, 5.41) is 4.53. The lowest BCUT2D eigenvalue weighted by Gasteiger charge is -2.11. The quantitative estimate of drug-likeness (QED) is 0.491. The van der Waals surface area contributed by atoms with Crippen molar-refractivity contribution in [3.63, 3.8) is 0 Å². The molecule has 0 radical (unpaired) electrons. The first kappa shape index (κ1) is 14.9. The van der Waals surface area contributed by atoms with Crippen LogP contribution < -0.4 is 20.1 Å². The fraction of sp³-hybridized carbons (Fsp3) is 0.143. The van der Waals surface area contributed by atoms with Crippen molar-refractivity contribution < 1.29 is 19.1 Å². The molecule has 1 aromatic rings. The number of carbonyl (C=O) groups is 2. The van der Waals surface area contributed by atoms with Crippen LogP contribution in [0.15, 0.2) is 22.3 Å². The average molecular weight is 351 g/mol. The minimum atomic E-state index is -0.552. The van der Waals surface area contributed by atoms with Gasteiger partial charge in [-0.05, 0) is 23.8 Å². The number of hydrogen-bond acceptors (Lipinski definition) is 4. The Balaban J connectivity index is 2.37. The molecular weight excluding hydrogens is 340 g/mol. The second-order valence-corrected chi connectivity index (χ2v) is 4.84. The van der Waals surface area contributed by atoms with Crippen LogP contribution in [-0.4, -0.2) is 25.7 Å². The van der Waals surface area contributed by atoms with E-state index in [1.54, 1.807) is 12.1 Å². The third-order valence-corrected chi connectivity index (χ3v) is 3.30. The number of halogens is 1. The molecule has 1 heterocycles. The maximum absolute atomic E-state index is 11.5. The van der Waals surface area contributed by atoms with Gasteiger partial charge in [0.05, 0.1) is 7.11 Å². The number of hydrogen-bond donors (Lipinski definition) is 2. The van der Waals surface area contributed by atoms with Crippen LogP contribution >= 0.6 is 15.9 Å². The zero-order valence-corrected chi connectivity index (χ0v) is 12.6. The fourth-order valence-corrected chi connectivity index (χ4v) is 2.13. The molecule has 2 N–H and O–H groups in total. The Labute approximate surface area is 129 Å². The Morgan fingerprint density at radius 2 is 2.10 bits per heavy atom. The van der Waals surface area contributed by atoms with E-state index in [1.807, 2.05) is 0 Å². The Bertz CT molecular complexity index is 676. The van der Waals surface area contributed by atoms with E-state index < -0.39 is 11.9 Å². The highest BCUT2D eigenvalue weighted by Crippen LogP contribution is 2.34. The van der Waals surface area contributed by atoms with Crippen LogP contribution in [0, 0.1) is 12.3 Å². The molecule has 1 aliphatic heterocycles. The summed E-state index contributed by atoms with van der Waals surface area (Å²) in [5.74, 6) is 2.82. The van der Waals surface area contributed by atoms with E-state index in [2.05, 4.69) is 32.5 Å². The largest absolute Gasteiger partial charge is 0.493 e. The number of imide groups is 1. The first-order valence-corrected chi connectivity index (χ1v) is 6.62. The summed E-state index contributed by atoms with van der Waals surface area (Å²) >= 11 is 3.37. The first-order valence-electron chi connectivity index (χ1n) is 5.83. The summed E-state index contributed by atoms with van der Waals surface area (Å²) in [6.45, 7) is 0.113. The minimum Gasteiger partial charge on any atom is -0.493 e. The van der Waals surface area contributed by atoms with Crippen LogP contribution in [0.2, 0.25) is 0 Å². The van der Waals surface area contributed by atoms with Crippen molar-refractivity contribution in [1.29, 1.82) is 0 Å². The van der Waals surface area contributed by atoms with Crippen molar-refractivity contribution in [3.8, 4) is 23.8 Å². The third kappa shape index (κ3) is 3.35. The van der Waals surface area contributed by atoms with Gasteiger partial charge in [-0.3, -0.25) is 10.1 Å². The molecule has 0 aromatic heterocycles. The van der Waals surface area contributed by atoms with E-state index in [-0.39, 0.29) is 12.3 Å². The van der Waals surface area contributed by atoms with Gasteiger partial charge in [-0.15, -0.1) is 6.42 Å². The van der Waals surface area contributed by atoms with Gasteiger partial charge in [0.2, 0.25) is 0 Å². The fourth-order valence-electron chi connectivity index (χ4n) is 1.69. The summed E-state index contributed by atoms with van der Waals surface area (Å²) in [5.41, 5.74) is 0.798. The number of urea groups is 1. The van der Waals surface area contributed by atoms with Crippen LogP contribution in [0.1, 0.15) is 5.56 Å². The van der Waals surface area contributed by atoms with Gasteiger partial charge in [0, 0.05) is 4.47 Å². The molecule has 0 saturated carbocycles. The summed E-state index contributed by atoms with van der Waals surface area (Å²) in [7, 11) is 1.49. The van der Waals surface area contributed by atoms with Crippen LogP contribution in [0.3, 0.4) is 0 Å². The molecule has 6 nitrogen and oxygen atoms in total. The highest BCUT2D eigenvalue weighted by atomic mass is 79.9. The van der Waals surface area contributed by atoms with E-state index in [4.69, 9.17) is 15.9 Å². The Morgan fingerprint density at radius 1 is 1.33 bits per heavy atom. The number of ether oxygens (including phenoxy) is 2. The first-order chi connectivity index (χ1) is 10.0. The predicted octanol–water partition coefficient (Wildman–Crippen LogP) is 1.65. The van der Waals surface area contributed by atoms with Gasteiger partial charge in [-0.2, -0.15) is 0 Å². The number of rotatable bonds is 4. The van der Waals surface area contributed by atoms with Crippen LogP contribution in [0.4, 0.5) is 4.79 Å². The lowest BCUT2D eigenvalue weighted by atomic mass is 10.1. The lowest BCUT2D eigenvalue weighted by Crippen LogP contribution is -2.22. The second-order valence-electron chi connectivity index (χ2n) is 3.98. The third-order valence-electron chi connectivity index (χ3n) is 2.61. The molecule has 0 atom stereocenters. The van der Waals surface area contributed by atoms with Gasteiger partial charge in [0.1, 0.15) is 12.3 Å². The topological polar surface area (TPSA) is 76.7 Å². The van der Waals surface area contributed by atoms with Gasteiger partial charge in [0.25, 0.3) is 5.91 Å². The Morgan fingerprint density at radius 3 is 2.67 bits per heavy atom. The van der Waals surface area contributed by atoms with Crippen LogP contribution in [0.25, 0.3) is 6.08 Å². The number of benzene rings is 1. The second kappa shape index (κ2) is 6.33. The standard InChI is InChI=1S/C14H11BrN2O4/c1-3-4-21-12-7-9(15)8(6-11(12)20-2)5-10-13(18)17-14(19)16-10/h1,5-7H,4H2,2H3,(H2,16,17,18,19)/b10-5-. The molecule has 1 fully saturated rings. The maximum atomic E-state index is 11.5. The summed E-state index contributed by atoms with van der Waals surface area (Å²) in [4.78, 5) is 22.6. The normalized spacial score (nSPS) is 15.4. The van der Waals surface area contributed by atoms with Gasteiger partial charge < -0.3 is 14.8 Å². The van der Waals surface area contributed by atoms with Crippen LogP contribution in [-0.2, 0) is 4.79 Å². The molecule has 1 aromatic carbocycles. The van der Waals surface area contributed by atoms with Gasteiger partial charge in [-0.25, -0.2) is 4.79 Å². The molecule has 1 saturated heterocycles. The van der Waals surface area contributed by atoms with E-state index in [9.17, 15) is 9.59 Å². The highest BCUT2D eigenvalue weighted by Gasteiger charge is 2.23. The Hall–Kier alpha value is -2.46. The van der Waals surface area contributed by atoms with Crippen molar-refractivity contribution in [1.82, 2.24) is 10.6 Å². The summed E-state index contributed by atoms with van der Waals surface area (Å²) < 4.78 is 11.2. The number of amides is 3. The number of carbonyl (C=O) groups excluding carboxylic acids is 2. The Kier molecular flexibility index (Phi) is 4.50. The van der Waals surface area contributed by atoms with Crippen molar-refractivity contribution in [3.05, 3.63) is 27.9 Å². The zero-order chi connectivity index (χ0) is 15.4. The molecule has 0 bridgehead atoms. The molecular formula is C14H11BrN2O4. The van der Waals surface area contributed by atoms with Crippen LogP contribution in [0.5, 0.6) is 11.5 Å². The minimum absolute atomic E-state index is 0.113. The summed E-state index contributed by atoms with van der Waals surface area (Å²) in [6, 6.07) is 2.79. The molecule has 1 aliphatic rings. The van der Waals surface area contributed by atoms with E-state index in [0.29, 0.717) is 21.5 Å². The van der Waals surface area contributed by atoms with E-state index >= 15 is 0 Å². The molecule has 0 spiro atoms. The molecule has 21 heavy (non-hydrogen) atoms. The maximum Gasteiger partial charge on any atom is 0.326 e. The molecule has 3 amide bonds. The number of terminal acetylenes is 1. The molecule has 108 valence electrons. The van der Waals surface area contributed by atoms with Gasteiger partial charge >= 0.3 is 6.03 Å². The predicted molar refractivity (Wildman–Crippen MR) is 79.7 cm³/mol. The lowest BCUT2D eigenvalue weighted by molar-refractivity contribution is -0.115. The van der Waals surface area contributed by atoms with Gasteiger partial charge in [0.15, 0.2) is 11.5 Å². The SMILES string of the molecule is C#CCOc1cc(Br)c(/C=C2\NC(=O)NC2=O)cc1OC. The zero-order valence-electron chi connectivity index (χ0n) is 11.0. The number of methoxy groups -OCH3 is 1. The smallest absolute Gasteiger partial charge is 0.326 e. The van der Waals surface area contributed by atoms with Crippen molar-refractivity contribution in [2.45, 2.75) is 0 Å². The van der Waals surface area contributed by atoms with E-state index in [0.717, 1.165) is 0 Å². The molecule has 2 rings (SSSR count). The molecule has 7 heteroatoms. The monoisotopic (exact) mass is 350 g/mol. The van der Waals surface area contributed by atoms with E-state index in [1.165, 1.54) is 13.2 Å². The van der Waals surface area contributed by atoms with Crippen molar-refractivity contribution in [2.75, 3.05) is 13.7 Å². The van der Waals surface area contributed by atoms with Crippen molar-refractivity contribution >= 4 is 33.9 Å². The van der Waals surface area contributed by atoms with Gasteiger partial charge in [-0.1, -0.05) is 21.9 Å².